The molecule has 0 aliphatic heterocycles. The highest BCUT2D eigenvalue weighted by molar-refractivity contribution is 7.99. The molecule has 106 valence electrons. The Labute approximate surface area is 130 Å². The highest BCUT2D eigenvalue weighted by Crippen LogP contribution is 2.27. The molecule has 3 aromatic rings. The number of hydrogen-bond acceptors (Lipinski definition) is 2. The molecule has 0 aliphatic carbocycles. The number of fused-ring (bicyclic) bond motifs is 1. The van der Waals surface area contributed by atoms with Crippen LogP contribution in [0, 0.1) is 0 Å². The van der Waals surface area contributed by atoms with Crippen LogP contribution in [0.1, 0.15) is 12.5 Å². The first-order valence-electron chi connectivity index (χ1n) is 7.31. The monoisotopic (exact) mass is 293 g/mol. The average molecular weight is 293 g/mol. The maximum absolute atomic E-state index is 3.59. The fourth-order valence-corrected chi connectivity index (χ4v) is 3.31. The van der Waals surface area contributed by atoms with E-state index in [1.54, 1.807) is 0 Å². The lowest BCUT2D eigenvalue weighted by atomic mass is 10.0. The van der Waals surface area contributed by atoms with E-state index in [4.69, 9.17) is 0 Å². The molecule has 0 atom stereocenters. The van der Waals surface area contributed by atoms with E-state index in [2.05, 4.69) is 79.0 Å². The summed E-state index contributed by atoms with van der Waals surface area (Å²) in [5.41, 5.74) is 2.56. The molecule has 1 N–H and O–H groups in total. The molecule has 0 saturated heterocycles. The standard InChI is InChI=1S/C19H19NS/c1-2-21-19-13-6-5-12-18(19)20-14-16-10-7-9-15-8-3-4-11-17(15)16/h3-13,20H,2,14H2,1H3. The van der Waals surface area contributed by atoms with E-state index >= 15 is 0 Å². The Kier molecular flexibility index (Phi) is 4.46. The Morgan fingerprint density at radius 3 is 2.52 bits per heavy atom. The first-order valence-corrected chi connectivity index (χ1v) is 8.29. The van der Waals surface area contributed by atoms with E-state index in [0.717, 1.165) is 12.3 Å². The largest absolute Gasteiger partial charge is 0.380 e. The molecule has 0 aliphatic rings. The van der Waals surface area contributed by atoms with Crippen molar-refractivity contribution in [3.8, 4) is 0 Å². The van der Waals surface area contributed by atoms with Crippen molar-refractivity contribution in [3.63, 3.8) is 0 Å². The number of rotatable bonds is 5. The zero-order valence-corrected chi connectivity index (χ0v) is 13.0. The topological polar surface area (TPSA) is 12.0 Å². The molecule has 0 saturated carbocycles. The van der Waals surface area contributed by atoms with Crippen molar-refractivity contribution >= 4 is 28.2 Å². The number of nitrogens with one attached hydrogen (secondary N) is 1. The molecular formula is C19H19NS. The van der Waals surface area contributed by atoms with Crippen molar-refractivity contribution < 1.29 is 0 Å². The summed E-state index contributed by atoms with van der Waals surface area (Å²) in [6.45, 7) is 3.04. The molecule has 0 amide bonds. The summed E-state index contributed by atoms with van der Waals surface area (Å²) < 4.78 is 0. The van der Waals surface area contributed by atoms with Crippen LogP contribution in [0.25, 0.3) is 10.8 Å². The normalized spacial score (nSPS) is 10.7. The van der Waals surface area contributed by atoms with Crippen molar-refractivity contribution in [3.05, 3.63) is 72.3 Å². The first kappa shape index (κ1) is 14.0. The van der Waals surface area contributed by atoms with Gasteiger partial charge in [-0.3, -0.25) is 0 Å². The van der Waals surface area contributed by atoms with E-state index in [9.17, 15) is 0 Å². The third kappa shape index (κ3) is 3.22. The molecular weight excluding hydrogens is 274 g/mol. The third-order valence-corrected chi connectivity index (χ3v) is 4.49. The molecule has 0 fully saturated rings. The van der Waals surface area contributed by atoms with Gasteiger partial charge in [-0.2, -0.15) is 0 Å². The second kappa shape index (κ2) is 6.68. The van der Waals surface area contributed by atoms with Gasteiger partial charge in [0.05, 0.1) is 0 Å². The average Bonchev–Trinajstić information content (AvgIpc) is 2.54. The van der Waals surface area contributed by atoms with Crippen LogP contribution in [-0.2, 0) is 6.54 Å². The second-order valence-electron chi connectivity index (χ2n) is 4.92. The number of para-hydroxylation sites is 1. The molecule has 0 heterocycles. The molecule has 3 rings (SSSR count). The zero-order chi connectivity index (χ0) is 14.5. The molecule has 0 unspecified atom stereocenters. The Morgan fingerprint density at radius 2 is 1.62 bits per heavy atom. The minimum Gasteiger partial charge on any atom is -0.380 e. The van der Waals surface area contributed by atoms with E-state index in [1.165, 1.54) is 26.9 Å². The minimum atomic E-state index is 0.850. The SMILES string of the molecule is CCSc1ccccc1NCc1cccc2ccccc12. The number of hydrogen-bond donors (Lipinski definition) is 1. The molecule has 3 aromatic carbocycles. The summed E-state index contributed by atoms with van der Waals surface area (Å²) in [5, 5.41) is 6.21. The van der Waals surface area contributed by atoms with Crippen LogP contribution in [0.15, 0.2) is 71.6 Å². The Balaban J connectivity index is 1.84. The zero-order valence-electron chi connectivity index (χ0n) is 12.2. The smallest absolute Gasteiger partial charge is 0.0481 e. The van der Waals surface area contributed by atoms with Gasteiger partial charge in [-0.25, -0.2) is 0 Å². The molecule has 0 radical (unpaired) electrons. The van der Waals surface area contributed by atoms with E-state index in [0.29, 0.717) is 0 Å². The summed E-state index contributed by atoms with van der Waals surface area (Å²) in [5.74, 6) is 1.09. The highest BCUT2D eigenvalue weighted by Gasteiger charge is 2.03. The van der Waals surface area contributed by atoms with Crippen LogP contribution in [0.2, 0.25) is 0 Å². The van der Waals surface area contributed by atoms with Crippen LogP contribution < -0.4 is 5.32 Å². The van der Waals surface area contributed by atoms with Crippen LogP contribution >= 0.6 is 11.8 Å². The summed E-state index contributed by atoms with van der Waals surface area (Å²) in [7, 11) is 0. The number of benzene rings is 3. The lowest BCUT2D eigenvalue weighted by Crippen LogP contribution is -2.01. The predicted octanol–water partition coefficient (Wildman–Crippen LogP) is 5.56. The van der Waals surface area contributed by atoms with E-state index in [1.807, 2.05) is 11.8 Å². The van der Waals surface area contributed by atoms with Crippen molar-refractivity contribution in [1.29, 1.82) is 0 Å². The molecule has 0 aromatic heterocycles. The fourth-order valence-electron chi connectivity index (χ4n) is 2.53. The van der Waals surface area contributed by atoms with E-state index < -0.39 is 0 Å². The van der Waals surface area contributed by atoms with Gasteiger partial charge < -0.3 is 5.32 Å². The van der Waals surface area contributed by atoms with Crippen molar-refractivity contribution in [2.75, 3.05) is 11.1 Å². The quantitative estimate of drug-likeness (QED) is 0.618. The Bertz CT molecular complexity index is 731. The van der Waals surface area contributed by atoms with Crippen LogP contribution in [0.5, 0.6) is 0 Å². The van der Waals surface area contributed by atoms with Gasteiger partial charge in [0.15, 0.2) is 0 Å². The predicted molar refractivity (Wildman–Crippen MR) is 94.1 cm³/mol. The lowest BCUT2D eigenvalue weighted by molar-refractivity contribution is 1.15. The van der Waals surface area contributed by atoms with Crippen LogP contribution in [0.4, 0.5) is 5.69 Å². The molecule has 21 heavy (non-hydrogen) atoms. The van der Waals surface area contributed by atoms with Crippen LogP contribution in [0.3, 0.4) is 0 Å². The van der Waals surface area contributed by atoms with Gasteiger partial charge in [-0.05, 0) is 34.2 Å². The molecule has 0 spiro atoms. The van der Waals surface area contributed by atoms with Gasteiger partial charge in [0.1, 0.15) is 0 Å². The first-order chi connectivity index (χ1) is 10.4. The Hall–Kier alpha value is -1.93. The maximum atomic E-state index is 3.59. The fraction of sp³-hybridized carbons (Fsp3) is 0.158. The van der Waals surface area contributed by atoms with Crippen molar-refractivity contribution in [2.24, 2.45) is 0 Å². The Morgan fingerprint density at radius 1 is 0.857 bits per heavy atom. The minimum absolute atomic E-state index is 0.850. The summed E-state index contributed by atoms with van der Waals surface area (Å²) in [6.07, 6.45) is 0. The van der Waals surface area contributed by atoms with Crippen molar-refractivity contribution in [2.45, 2.75) is 18.4 Å². The van der Waals surface area contributed by atoms with E-state index in [-0.39, 0.29) is 0 Å². The highest BCUT2D eigenvalue weighted by atomic mass is 32.2. The van der Waals surface area contributed by atoms with Gasteiger partial charge in [0, 0.05) is 17.1 Å². The van der Waals surface area contributed by atoms with Gasteiger partial charge in [-0.1, -0.05) is 61.5 Å². The lowest BCUT2D eigenvalue weighted by Gasteiger charge is -2.12. The third-order valence-electron chi connectivity index (χ3n) is 3.54. The van der Waals surface area contributed by atoms with Gasteiger partial charge in [0.2, 0.25) is 0 Å². The van der Waals surface area contributed by atoms with Crippen LogP contribution in [-0.4, -0.2) is 5.75 Å². The van der Waals surface area contributed by atoms with Gasteiger partial charge in [-0.15, -0.1) is 11.8 Å². The maximum Gasteiger partial charge on any atom is 0.0481 e. The molecule has 1 nitrogen and oxygen atoms in total. The van der Waals surface area contributed by atoms with Gasteiger partial charge in [0.25, 0.3) is 0 Å². The number of anilines is 1. The number of thioether (sulfide) groups is 1. The summed E-state index contributed by atoms with van der Waals surface area (Å²) in [6, 6.07) is 23.6. The van der Waals surface area contributed by atoms with Crippen molar-refractivity contribution in [1.82, 2.24) is 0 Å². The summed E-state index contributed by atoms with van der Waals surface area (Å²) in [4.78, 5) is 1.32. The molecule has 2 heteroatoms. The molecule has 0 bridgehead atoms. The second-order valence-corrected chi connectivity index (χ2v) is 6.23. The van der Waals surface area contributed by atoms with Gasteiger partial charge >= 0.3 is 0 Å². The summed E-state index contributed by atoms with van der Waals surface area (Å²) >= 11 is 1.88.